The van der Waals surface area contributed by atoms with Crippen LogP contribution in [0.15, 0.2) is 30.6 Å². The third kappa shape index (κ3) is 3.14. The summed E-state index contributed by atoms with van der Waals surface area (Å²) in [5.74, 6) is 0.0623. The third-order valence-corrected chi connectivity index (χ3v) is 4.64. The fraction of sp³-hybridized carbons (Fsp3) is 0.353. The Balaban J connectivity index is 1.72. The van der Waals surface area contributed by atoms with E-state index in [9.17, 15) is 19.7 Å². The second-order valence-corrected chi connectivity index (χ2v) is 6.45. The lowest BCUT2D eigenvalue weighted by atomic mass is 10.1. The number of hydrogen-bond acceptors (Lipinski definition) is 9. The minimum Gasteiger partial charge on any atom is -0.394 e. The van der Waals surface area contributed by atoms with Gasteiger partial charge in [-0.3, -0.25) is 4.57 Å². The smallest absolute Gasteiger partial charge is 0.207 e. The van der Waals surface area contributed by atoms with Crippen molar-refractivity contribution in [3.05, 3.63) is 42.0 Å². The molecule has 0 aliphatic carbocycles. The molecular weight excluding hydrogens is 371 g/mol. The third-order valence-electron chi connectivity index (χ3n) is 4.64. The average Bonchev–Trinajstić information content (AvgIpc) is 3.20. The van der Waals surface area contributed by atoms with E-state index in [0.29, 0.717) is 17.7 Å². The number of nitrogens with zero attached hydrogens (tertiary/aromatic N) is 4. The van der Waals surface area contributed by atoms with Gasteiger partial charge in [-0.2, -0.15) is 0 Å². The molecule has 10 nitrogen and oxygen atoms in total. The number of halogens is 1. The van der Waals surface area contributed by atoms with Crippen LogP contribution in [-0.4, -0.2) is 59.8 Å². The van der Waals surface area contributed by atoms with Crippen molar-refractivity contribution in [1.82, 2.24) is 19.5 Å². The van der Waals surface area contributed by atoms with E-state index < -0.39 is 31.1 Å². The summed E-state index contributed by atoms with van der Waals surface area (Å²) in [7, 11) is 0. The fourth-order valence-electron chi connectivity index (χ4n) is 3.17. The van der Waals surface area contributed by atoms with Crippen LogP contribution in [0.5, 0.6) is 0 Å². The maximum absolute atomic E-state index is 13.1. The standard InChI is InChI=1S/C17H19FN6O4/c18-9-3-1-8(2-4-9)5-20-17-23-11-14(19)21-7-22-15(11)24(17)16-13(27)12(26)10(6-25)28-16/h1-4,7,10,12-13,16,25-27H,5-6H2,(H,20,23)(H2,19,21,22)/t10-,12?,13?,16-/m1/s1. The van der Waals surface area contributed by atoms with E-state index in [1.54, 1.807) is 12.1 Å². The van der Waals surface area contributed by atoms with Crippen molar-refractivity contribution in [1.29, 1.82) is 0 Å². The van der Waals surface area contributed by atoms with Crippen molar-refractivity contribution in [3.63, 3.8) is 0 Å². The van der Waals surface area contributed by atoms with Gasteiger partial charge in [0.1, 0.15) is 30.5 Å². The number of aliphatic hydroxyl groups excluding tert-OH is 3. The summed E-state index contributed by atoms with van der Waals surface area (Å²) in [6.07, 6.45) is -3.36. The number of nitrogens with one attached hydrogen (secondary N) is 1. The first-order valence-corrected chi connectivity index (χ1v) is 8.58. The van der Waals surface area contributed by atoms with E-state index in [2.05, 4.69) is 20.3 Å². The monoisotopic (exact) mass is 390 g/mol. The number of aliphatic hydroxyl groups is 3. The minimum atomic E-state index is -1.32. The zero-order valence-electron chi connectivity index (χ0n) is 14.6. The molecule has 6 N–H and O–H groups in total. The van der Waals surface area contributed by atoms with Gasteiger partial charge in [0.05, 0.1) is 6.61 Å². The highest BCUT2D eigenvalue weighted by molar-refractivity contribution is 5.84. The normalized spacial score (nSPS) is 24.7. The molecule has 0 radical (unpaired) electrons. The Morgan fingerprint density at radius 2 is 1.93 bits per heavy atom. The first-order chi connectivity index (χ1) is 13.5. The predicted octanol–water partition coefficient (Wildman–Crippen LogP) is -0.229. The van der Waals surface area contributed by atoms with Gasteiger partial charge in [-0.15, -0.1) is 0 Å². The van der Waals surface area contributed by atoms with Crippen LogP contribution >= 0.6 is 0 Å². The van der Waals surface area contributed by atoms with Crippen LogP contribution in [0, 0.1) is 5.82 Å². The topological polar surface area (TPSA) is 152 Å². The van der Waals surface area contributed by atoms with Crippen molar-refractivity contribution >= 4 is 22.9 Å². The summed E-state index contributed by atoms with van der Waals surface area (Å²) in [5.41, 5.74) is 7.27. The number of benzene rings is 1. The predicted molar refractivity (Wildman–Crippen MR) is 96.5 cm³/mol. The molecular formula is C17H19FN6O4. The number of imidazole rings is 1. The number of nitrogens with two attached hydrogens (primary N) is 1. The fourth-order valence-corrected chi connectivity index (χ4v) is 3.17. The van der Waals surface area contributed by atoms with Crippen LogP contribution in [0.4, 0.5) is 16.2 Å². The molecule has 1 aromatic carbocycles. The van der Waals surface area contributed by atoms with Gasteiger partial charge in [0, 0.05) is 6.54 Å². The summed E-state index contributed by atoms with van der Waals surface area (Å²) in [4.78, 5) is 12.5. The number of rotatable bonds is 5. The van der Waals surface area contributed by atoms with Crippen molar-refractivity contribution in [3.8, 4) is 0 Å². The van der Waals surface area contributed by atoms with Crippen LogP contribution in [0.3, 0.4) is 0 Å². The van der Waals surface area contributed by atoms with Crippen molar-refractivity contribution in [2.75, 3.05) is 17.7 Å². The number of nitrogen functional groups attached to an aromatic ring is 1. The molecule has 11 heteroatoms. The Hall–Kier alpha value is -2.86. The van der Waals surface area contributed by atoms with Gasteiger partial charge in [-0.05, 0) is 17.7 Å². The summed E-state index contributed by atoms with van der Waals surface area (Å²) in [6, 6.07) is 5.93. The van der Waals surface area contributed by atoms with E-state index in [-0.39, 0.29) is 17.6 Å². The van der Waals surface area contributed by atoms with Gasteiger partial charge in [0.15, 0.2) is 23.2 Å². The lowest BCUT2D eigenvalue weighted by Gasteiger charge is -2.19. The summed E-state index contributed by atoms with van der Waals surface area (Å²) < 4.78 is 20.2. The molecule has 1 fully saturated rings. The highest BCUT2D eigenvalue weighted by atomic mass is 19.1. The molecule has 3 heterocycles. The zero-order chi connectivity index (χ0) is 19.8. The maximum atomic E-state index is 13.1. The number of ether oxygens (including phenoxy) is 1. The zero-order valence-corrected chi connectivity index (χ0v) is 14.6. The molecule has 0 spiro atoms. The molecule has 0 bridgehead atoms. The minimum absolute atomic E-state index is 0.139. The Morgan fingerprint density at radius 3 is 2.61 bits per heavy atom. The van der Waals surface area contributed by atoms with Gasteiger partial charge in [-0.25, -0.2) is 19.3 Å². The number of hydrogen-bond donors (Lipinski definition) is 5. The molecule has 4 rings (SSSR count). The molecule has 0 amide bonds. The Bertz CT molecular complexity index is 982. The molecule has 148 valence electrons. The number of fused-ring (bicyclic) bond motifs is 1. The number of anilines is 2. The van der Waals surface area contributed by atoms with E-state index in [0.717, 1.165) is 5.56 Å². The number of aromatic nitrogens is 4. The molecule has 1 saturated heterocycles. The van der Waals surface area contributed by atoms with Crippen LogP contribution in [0.25, 0.3) is 11.2 Å². The van der Waals surface area contributed by atoms with Crippen molar-refractivity contribution < 1.29 is 24.4 Å². The van der Waals surface area contributed by atoms with Gasteiger partial charge in [0.25, 0.3) is 0 Å². The summed E-state index contributed by atoms with van der Waals surface area (Å²) in [5, 5.41) is 33.0. The molecule has 4 atom stereocenters. The maximum Gasteiger partial charge on any atom is 0.207 e. The largest absolute Gasteiger partial charge is 0.394 e. The first-order valence-electron chi connectivity index (χ1n) is 8.58. The molecule has 1 aliphatic heterocycles. The van der Waals surface area contributed by atoms with Crippen molar-refractivity contribution in [2.24, 2.45) is 0 Å². The molecule has 3 aromatic rings. The second kappa shape index (κ2) is 7.28. The molecule has 2 unspecified atom stereocenters. The van der Waals surface area contributed by atoms with E-state index in [1.165, 1.54) is 23.0 Å². The first kappa shape index (κ1) is 18.5. The average molecular weight is 390 g/mol. The lowest BCUT2D eigenvalue weighted by Crippen LogP contribution is -2.33. The van der Waals surface area contributed by atoms with Gasteiger partial charge >= 0.3 is 0 Å². The van der Waals surface area contributed by atoms with Gasteiger partial charge in [-0.1, -0.05) is 12.1 Å². The van der Waals surface area contributed by atoms with Crippen LogP contribution in [0.1, 0.15) is 11.8 Å². The van der Waals surface area contributed by atoms with Crippen molar-refractivity contribution in [2.45, 2.75) is 31.1 Å². The Morgan fingerprint density at radius 1 is 1.18 bits per heavy atom. The highest BCUT2D eigenvalue weighted by Crippen LogP contribution is 2.35. The quantitative estimate of drug-likeness (QED) is 0.398. The van der Waals surface area contributed by atoms with Crippen LogP contribution < -0.4 is 11.1 Å². The van der Waals surface area contributed by atoms with E-state index >= 15 is 0 Å². The van der Waals surface area contributed by atoms with Gasteiger partial charge in [0.2, 0.25) is 5.95 Å². The van der Waals surface area contributed by atoms with Crippen LogP contribution in [-0.2, 0) is 11.3 Å². The highest BCUT2D eigenvalue weighted by Gasteiger charge is 2.45. The van der Waals surface area contributed by atoms with E-state index in [4.69, 9.17) is 10.5 Å². The summed E-state index contributed by atoms with van der Waals surface area (Å²) in [6.45, 7) is -0.164. The molecule has 2 aromatic heterocycles. The van der Waals surface area contributed by atoms with E-state index in [1.807, 2.05) is 0 Å². The Kier molecular flexibility index (Phi) is 4.81. The lowest BCUT2D eigenvalue weighted by molar-refractivity contribution is -0.0501. The molecule has 28 heavy (non-hydrogen) atoms. The van der Waals surface area contributed by atoms with Crippen LogP contribution in [0.2, 0.25) is 0 Å². The van der Waals surface area contributed by atoms with Gasteiger partial charge < -0.3 is 31.1 Å². The summed E-state index contributed by atoms with van der Waals surface area (Å²) >= 11 is 0. The SMILES string of the molecule is Nc1ncnc2c1nc(NCc1ccc(F)cc1)n2[C@@H]1O[C@H](CO)C(O)C1O. The molecule has 1 aliphatic rings. The molecule has 0 saturated carbocycles. The second-order valence-electron chi connectivity index (χ2n) is 6.45. The Labute approximate surface area is 158 Å².